The first-order chi connectivity index (χ1) is 8.92. The second kappa shape index (κ2) is 4.84. The molecule has 0 aliphatic rings. The molecule has 3 aromatic rings. The van der Waals surface area contributed by atoms with Crippen molar-refractivity contribution in [2.45, 2.75) is 6.54 Å². The van der Waals surface area contributed by atoms with Crippen LogP contribution in [-0.2, 0) is 6.54 Å². The molecule has 0 unspecified atom stereocenters. The molecule has 0 spiro atoms. The van der Waals surface area contributed by atoms with Gasteiger partial charge in [0, 0.05) is 23.5 Å². The Morgan fingerprint density at radius 1 is 0.889 bits per heavy atom. The molecule has 2 heterocycles. The summed E-state index contributed by atoms with van der Waals surface area (Å²) in [6, 6.07) is 16.1. The molecule has 3 nitrogen and oxygen atoms in total. The Hall–Kier alpha value is -2.42. The molecule has 0 saturated carbocycles. The predicted octanol–water partition coefficient (Wildman–Crippen LogP) is 3.24. The zero-order chi connectivity index (χ0) is 12.2. The van der Waals surface area contributed by atoms with E-state index >= 15 is 0 Å². The maximum Gasteiger partial charge on any atom is 0.0703 e. The van der Waals surface area contributed by atoms with Gasteiger partial charge >= 0.3 is 0 Å². The van der Waals surface area contributed by atoms with Gasteiger partial charge in [0.1, 0.15) is 0 Å². The Labute approximate surface area is 106 Å². The Bertz CT molecular complexity index is 650. The van der Waals surface area contributed by atoms with Crippen LogP contribution in [0.25, 0.3) is 10.9 Å². The number of anilines is 1. The molecule has 0 fully saturated rings. The van der Waals surface area contributed by atoms with Crippen LogP contribution in [0.2, 0.25) is 0 Å². The molecular formula is C15H13N3. The molecule has 0 bridgehead atoms. The van der Waals surface area contributed by atoms with Crippen molar-refractivity contribution in [1.82, 2.24) is 9.97 Å². The second-order valence-corrected chi connectivity index (χ2v) is 4.09. The topological polar surface area (TPSA) is 37.8 Å². The summed E-state index contributed by atoms with van der Waals surface area (Å²) in [5, 5.41) is 4.50. The monoisotopic (exact) mass is 235 g/mol. The van der Waals surface area contributed by atoms with Gasteiger partial charge < -0.3 is 5.32 Å². The van der Waals surface area contributed by atoms with Crippen LogP contribution >= 0.6 is 0 Å². The van der Waals surface area contributed by atoms with Crippen LogP contribution < -0.4 is 5.32 Å². The number of hydrogen-bond acceptors (Lipinski definition) is 3. The highest BCUT2D eigenvalue weighted by molar-refractivity contribution is 5.82. The Kier molecular flexibility index (Phi) is 2.88. The van der Waals surface area contributed by atoms with E-state index in [1.54, 1.807) is 6.20 Å². The van der Waals surface area contributed by atoms with Crippen molar-refractivity contribution in [1.29, 1.82) is 0 Å². The number of nitrogens with zero attached hydrogens (tertiary/aromatic N) is 2. The highest BCUT2D eigenvalue weighted by Gasteiger charge is 1.97. The second-order valence-electron chi connectivity index (χ2n) is 4.09. The molecule has 3 heteroatoms. The third-order valence-electron chi connectivity index (χ3n) is 2.80. The van der Waals surface area contributed by atoms with E-state index in [-0.39, 0.29) is 0 Å². The maximum atomic E-state index is 4.30. The third-order valence-corrected chi connectivity index (χ3v) is 2.80. The van der Waals surface area contributed by atoms with Crippen molar-refractivity contribution in [3.63, 3.8) is 0 Å². The van der Waals surface area contributed by atoms with Gasteiger partial charge in [-0.3, -0.25) is 9.97 Å². The van der Waals surface area contributed by atoms with Crippen molar-refractivity contribution >= 4 is 16.6 Å². The molecule has 0 radical (unpaired) electrons. The Morgan fingerprint density at radius 3 is 2.72 bits per heavy atom. The number of nitrogens with one attached hydrogen (secondary N) is 1. The molecule has 0 amide bonds. The molecule has 1 N–H and O–H groups in total. The average Bonchev–Trinajstić information content (AvgIpc) is 2.46. The zero-order valence-corrected chi connectivity index (χ0v) is 9.88. The van der Waals surface area contributed by atoms with Crippen LogP contribution in [-0.4, -0.2) is 9.97 Å². The lowest BCUT2D eigenvalue weighted by Crippen LogP contribution is -2.00. The third kappa shape index (κ3) is 2.30. The number of benzene rings is 1. The van der Waals surface area contributed by atoms with Crippen LogP contribution in [0.5, 0.6) is 0 Å². The minimum atomic E-state index is 0.729. The van der Waals surface area contributed by atoms with Crippen LogP contribution in [0.3, 0.4) is 0 Å². The molecule has 0 aliphatic heterocycles. The van der Waals surface area contributed by atoms with Gasteiger partial charge in [-0.25, -0.2) is 0 Å². The van der Waals surface area contributed by atoms with E-state index in [1.807, 2.05) is 42.6 Å². The van der Waals surface area contributed by atoms with Crippen molar-refractivity contribution in [3.8, 4) is 0 Å². The fourth-order valence-electron chi connectivity index (χ4n) is 1.88. The van der Waals surface area contributed by atoms with Gasteiger partial charge in [0.15, 0.2) is 0 Å². The Morgan fingerprint density at radius 2 is 1.83 bits per heavy atom. The van der Waals surface area contributed by atoms with E-state index in [1.165, 1.54) is 0 Å². The number of pyridine rings is 2. The van der Waals surface area contributed by atoms with Crippen molar-refractivity contribution in [2.75, 3.05) is 5.32 Å². The van der Waals surface area contributed by atoms with Gasteiger partial charge in [0.05, 0.1) is 17.8 Å². The lowest BCUT2D eigenvalue weighted by molar-refractivity contribution is 1.05. The zero-order valence-electron chi connectivity index (χ0n) is 9.88. The number of fused-ring (bicyclic) bond motifs is 1. The van der Waals surface area contributed by atoms with E-state index < -0.39 is 0 Å². The minimum absolute atomic E-state index is 0.729. The fraction of sp³-hybridized carbons (Fsp3) is 0.0667. The van der Waals surface area contributed by atoms with E-state index in [9.17, 15) is 0 Å². The first-order valence-corrected chi connectivity index (χ1v) is 5.90. The van der Waals surface area contributed by atoms with Crippen LogP contribution in [0.1, 0.15) is 5.69 Å². The number of aromatic nitrogens is 2. The largest absolute Gasteiger partial charge is 0.379 e. The lowest BCUT2D eigenvalue weighted by Gasteiger charge is -2.06. The summed E-state index contributed by atoms with van der Waals surface area (Å²) < 4.78 is 0. The molecule has 88 valence electrons. The van der Waals surface area contributed by atoms with Crippen molar-refractivity contribution in [2.24, 2.45) is 0 Å². The van der Waals surface area contributed by atoms with Gasteiger partial charge in [0.25, 0.3) is 0 Å². The highest BCUT2D eigenvalue weighted by Crippen LogP contribution is 2.17. The van der Waals surface area contributed by atoms with Gasteiger partial charge in [0.2, 0.25) is 0 Å². The van der Waals surface area contributed by atoms with Gasteiger partial charge in [-0.2, -0.15) is 0 Å². The van der Waals surface area contributed by atoms with E-state index in [2.05, 4.69) is 27.4 Å². The summed E-state index contributed by atoms with van der Waals surface area (Å²) >= 11 is 0. The summed E-state index contributed by atoms with van der Waals surface area (Å²) in [7, 11) is 0. The summed E-state index contributed by atoms with van der Waals surface area (Å²) in [6.45, 7) is 0.729. The minimum Gasteiger partial charge on any atom is -0.379 e. The number of rotatable bonds is 3. The van der Waals surface area contributed by atoms with Crippen LogP contribution in [0, 0.1) is 0 Å². The van der Waals surface area contributed by atoms with E-state index in [4.69, 9.17) is 0 Å². The lowest BCUT2D eigenvalue weighted by atomic mass is 10.2. The van der Waals surface area contributed by atoms with Crippen LogP contribution in [0.4, 0.5) is 5.69 Å². The first kappa shape index (κ1) is 10.7. The molecule has 0 aliphatic carbocycles. The highest BCUT2D eigenvalue weighted by atomic mass is 14.9. The molecule has 0 saturated heterocycles. The normalized spacial score (nSPS) is 10.4. The molecule has 18 heavy (non-hydrogen) atoms. The van der Waals surface area contributed by atoms with E-state index in [0.717, 1.165) is 28.8 Å². The summed E-state index contributed by atoms with van der Waals surface area (Å²) in [5.74, 6) is 0. The number of hydrogen-bond donors (Lipinski definition) is 1. The average molecular weight is 235 g/mol. The maximum absolute atomic E-state index is 4.30. The summed E-state index contributed by atoms with van der Waals surface area (Å²) in [4.78, 5) is 8.58. The fourth-order valence-corrected chi connectivity index (χ4v) is 1.88. The van der Waals surface area contributed by atoms with Crippen molar-refractivity contribution < 1.29 is 0 Å². The molecule has 2 aromatic heterocycles. The molecule has 0 atom stereocenters. The summed E-state index contributed by atoms with van der Waals surface area (Å²) in [6.07, 6.45) is 3.62. The van der Waals surface area contributed by atoms with Crippen LogP contribution in [0.15, 0.2) is 60.9 Å². The molecule has 1 aromatic carbocycles. The quantitative estimate of drug-likeness (QED) is 0.757. The Balaban J connectivity index is 1.79. The predicted molar refractivity (Wildman–Crippen MR) is 73.3 cm³/mol. The first-order valence-electron chi connectivity index (χ1n) is 5.90. The molecule has 3 rings (SSSR count). The van der Waals surface area contributed by atoms with Crippen molar-refractivity contribution in [3.05, 3.63) is 66.6 Å². The van der Waals surface area contributed by atoms with Gasteiger partial charge in [-0.1, -0.05) is 12.1 Å². The smallest absolute Gasteiger partial charge is 0.0703 e. The van der Waals surface area contributed by atoms with Gasteiger partial charge in [-0.05, 0) is 36.4 Å². The SMILES string of the molecule is c1ccc(CNc2ccc3ncccc3c2)nc1. The molecular weight excluding hydrogens is 222 g/mol. The van der Waals surface area contributed by atoms with Gasteiger partial charge in [-0.15, -0.1) is 0 Å². The standard InChI is InChI=1S/C15H13N3/c1-2-8-16-14(5-1)11-18-13-6-7-15-12(10-13)4-3-9-17-15/h1-10,18H,11H2. The van der Waals surface area contributed by atoms with E-state index in [0.29, 0.717) is 0 Å². The summed E-state index contributed by atoms with van der Waals surface area (Å²) in [5.41, 5.74) is 3.13.